The lowest BCUT2D eigenvalue weighted by atomic mass is 9.62. The third kappa shape index (κ3) is 3.12. The second-order valence-electron chi connectivity index (χ2n) is 8.59. The minimum Gasteiger partial charge on any atom is -0.457 e. The molecule has 4 aromatic rings. The number of hydrogen-bond acceptors (Lipinski definition) is 5. The lowest BCUT2D eigenvalue weighted by Crippen LogP contribution is -2.36. The number of ether oxygens (including phenoxy) is 2. The first-order chi connectivity index (χ1) is 17.1. The largest absolute Gasteiger partial charge is 0.534 e. The van der Waals surface area contributed by atoms with Gasteiger partial charge in [-0.2, -0.15) is 21.6 Å². The Morgan fingerprint density at radius 2 is 1.19 bits per heavy atom. The van der Waals surface area contributed by atoms with Crippen molar-refractivity contribution in [3.8, 4) is 28.7 Å². The highest BCUT2D eigenvalue weighted by atomic mass is 32.2. The van der Waals surface area contributed by atoms with Crippen molar-refractivity contribution in [2.75, 3.05) is 0 Å². The highest BCUT2D eigenvalue weighted by Gasteiger charge is 2.51. The molecule has 0 saturated heterocycles. The molecule has 0 amide bonds. The average molecular weight is 510 g/mol. The number of para-hydroxylation sites is 2. The first-order valence-electron chi connectivity index (χ1n) is 10.9. The molecule has 0 N–H and O–H groups in total. The standard InChI is InChI=1S/C27H17F3O5S/c1-16-10-12-20-24(14-16)33-22-8-4-2-6-18(22)26(20)19-7-3-5-9-23(19)34-25-15-17(11-13-21(25)26)35-36(31,32)27(28,29)30/h2-15H,1H3. The minimum atomic E-state index is -5.85. The van der Waals surface area contributed by atoms with E-state index in [0.717, 1.165) is 22.3 Å². The van der Waals surface area contributed by atoms with Gasteiger partial charge in [0.05, 0.1) is 5.41 Å². The number of rotatable bonds is 2. The molecule has 2 aliphatic heterocycles. The summed E-state index contributed by atoms with van der Waals surface area (Å²) < 4.78 is 78.9. The summed E-state index contributed by atoms with van der Waals surface area (Å²) >= 11 is 0. The first-order valence-corrected chi connectivity index (χ1v) is 12.3. The third-order valence-electron chi connectivity index (χ3n) is 6.41. The molecule has 0 saturated carbocycles. The first kappa shape index (κ1) is 22.5. The van der Waals surface area contributed by atoms with Crippen LogP contribution in [0.1, 0.15) is 27.8 Å². The molecule has 182 valence electrons. The monoisotopic (exact) mass is 510 g/mol. The Hall–Kier alpha value is -3.98. The summed E-state index contributed by atoms with van der Waals surface area (Å²) in [5, 5.41) is 0. The molecule has 0 radical (unpaired) electrons. The lowest BCUT2D eigenvalue weighted by Gasteiger charge is -2.44. The van der Waals surface area contributed by atoms with Crippen LogP contribution in [0, 0.1) is 6.92 Å². The third-order valence-corrected chi connectivity index (χ3v) is 7.39. The van der Waals surface area contributed by atoms with Crippen LogP contribution in [0.4, 0.5) is 13.2 Å². The molecule has 9 heteroatoms. The fourth-order valence-corrected chi connectivity index (χ4v) is 5.44. The van der Waals surface area contributed by atoms with Crippen LogP contribution in [-0.2, 0) is 15.5 Å². The molecule has 2 aliphatic rings. The van der Waals surface area contributed by atoms with Gasteiger partial charge in [-0.25, -0.2) is 0 Å². The molecule has 0 aromatic heterocycles. The Balaban J connectivity index is 1.66. The van der Waals surface area contributed by atoms with Crippen LogP contribution in [0.3, 0.4) is 0 Å². The number of aryl methyl sites for hydroxylation is 1. The average Bonchev–Trinajstić information content (AvgIpc) is 2.82. The van der Waals surface area contributed by atoms with Crippen LogP contribution in [-0.4, -0.2) is 13.9 Å². The number of alkyl halides is 3. The van der Waals surface area contributed by atoms with E-state index >= 15 is 0 Å². The van der Waals surface area contributed by atoms with Crippen molar-refractivity contribution in [1.29, 1.82) is 0 Å². The van der Waals surface area contributed by atoms with Crippen molar-refractivity contribution in [2.24, 2.45) is 0 Å². The Kier molecular flexibility index (Phi) is 4.69. The van der Waals surface area contributed by atoms with Crippen molar-refractivity contribution in [2.45, 2.75) is 17.8 Å². The molecule has 6 rings (SSSR count). The molecule has 0 aliphatic carbocycles. The van der Waals surface area contributed by atoms with E-state index in [1.807, 2.05) is 61.5 Å². The number of halogens is 3. The van der Waals surface area contributed by atoms with Gasteiger partial charge in [0.15, 0.2) is 0 Å². The van der Waals surface area contributed by atoms with Gasteiger partial charge in [-0.15, -0.1) is 0 Å². The quantitative estimate of drug-likeness (QED) is 0.189. The van der Waals surface area contributed by atoms with Gasteiger partial charge in [0, 0.05) is 28.3 Å². The molecule has 5 nitrogen and oxygen atoms in total. The maximum Gasteiger partial charge on any atom is 0.534 e. The minimum absolute atomic E-state index is 0.173. The van der Waals surface area contributed by atoms with Crippen LogP contribution in [0.15, 0.2) is 84.9 Å². The number of benzene rings is 4. The van der Waals surface area contributed by atoms with E-state index in [2.05, 4.69) is 4.18 Å². The van der Waals surface area contributed by atoms with Crippen molar-refractivity contribution in [3.05, 3.63) is 113 Å². The van der Waals surface area contributed by atoms with Gasteiger partial charge in [-0.1, -0.05) is 48.5 Å². The Morgan fingerprint density at radius 1 is 0.694 bits per heavy atom. The normalized spacial score (nSPS) is 17.7. The summed E-state index contributed by atoms with van der Waals surface area (Å²) in [6.45, 7) is 1.95. The maximum atomic E-state index is 12.9. The van der Waals surface area contributed by atoms with Gasteiger partial charge in [0.1, 0.15) is 28.7 Å². The number of hydrogen-bond donors (Lipinski definition) is 0. The van der Waals surface area contributed by atoms with Crippen molar-refractivity contribution >= 4 is 10.1 Å². The molecular weight excluding hydrogens is 493 g/mol. The van der Waals surface area contributed by atoms with Crippen LogP contribution < -0.4 is 13.7 Å². The Bertz CT molecular complexity index is 1630. The van der Waals surface area contributed by atoms with Gasteiger partial charge < -0.3 is 13.7 Å². The summed E-state index contributed by atoms with van der Waals surface area (Å²) in [7, 11) is -5.85. The summed E-state index contributed by atoms with van der Waals surface area (Å²) in [6, 6.07) is 24.7. The second-order valence-corrected chi connectivity index (χ2v) is 10.1. The summed E-state index contributed by atoms with van der Waals surface area (Å²) in [5.74, 6) is 1.40. The fraction of sp³-hybridized carbons (Fsp3) is 0.111. The van der Waals surface area contributed by atoms with Crippen molar-refractivity contribution in [3.63, 3.8) is 0 Å². The highest BCUT2D eigenvalue weighted by molar-refractivity contribution is 7.88. The van der Waals surface area contributed by atoms with E-state index in [1.54, 1.807) is 12.1 Å². The van der Waals surface area contributed by atoms with E-state index in [1.165, 1.54) is 18.2 Å². The van der Waals surface area contributed by atoms with Crippen LogP contribution in [0.25, 0.3) is 0 Å². The second kappa shape index (κ2) is 7.51. The van der Waals surface area contributed by atoms with Gasteiger partial charge in [0.25, 0.3) is 0 Å². The molecule has 1 atom stereocenters. The molecule has 2 heterocycles. The van der Waals surface area contributed by atoms with Crippen molar-refractivity contribution in [1.82, 2.24) is 0 Å². The summed E-state index contributed by atoms with van der Waals surface area (Å²) in [5.41, 5.74) is -2.45. The van der Waals surface area contributed by atoms with Crippen LogP contribution in [0.2, 0.25) is 0 Å². The van der Waals surface area contributed by atoms with E-state index in [4.69, 9.17) is 9.47 Å². The van der Waals surface area contributed by atoms with Crippen LogP contribution in [0.5, 0.6) is 28.7 Å². The zero-order chi connectivity index (χ0) is 25.3. The van der Waals surface area contributed by atoms with Crippen molar-refractivity contribution < 1.29 is 35.2 Å². The summed E-state index contributed by atoms with van der Waals surface area (Å²) in [6.07, 6.45) is 0. The highest BCUT2D eigenvalue weighted by Crippen LogP contribution is 2.61. The molecule has 0 fully saturated rings. The molecule has 36 heavy (non-hydrogen) atoms. The zero-order valence-electron chi connectivity index (χ0n) is 18.7. The Labute approximate surface area is 204 Å². The van der Waals surface area contributed by atoms with Gasteiger partial charge >= 0.3 is 15.6 Å². The predicted octanol–water partition coefficient (Wildman–Crippen LogP) is 6.82. The van der Waals surface area contributed by atoms with Gasteiger partial charge in [-0.05, 0) is 42.8 Å². The number of fused-ring (bicyclic) bond motifs is 8. The molecule has 0 bridgehead atoms. The topological polar surface area (TPSA) is 61.8 Å². The maximum absolute atomic E-state index is 12.9. The lowest BCUT2D eigenvalue weighted by molar-refractivity contribution is -0.0500. The molecular formula is C27H17F3O5S. The smallest absolute Gasteiger partial charge is 0.457 e. The fourth-order valence-electron chi connectivity index (χ4n) is 4.98. The summed E-state index contributed by atoms with van der Waals surface area (Å²) in [4.78, 5) is 0. The van der Waals surface area contributed by atoms with Crippen LogP contribution >= 0.6 is 0 Å². The molecule has 1 spiro atoms. The predicted molar refractivity (Wildman–Crippen MR) is 125 cm³/mol. The van der Waals surface area contributed by atoms with Gasteiger partial charge in [-0.3, -0.25) is 0 Å². The van der Waals surface area contributed by atoms with E-state index in [-0.39, 0.29) is 5.75 Å². The van der Waals surface area contributed by atoms with Gasteiger partial charge in [0.2, 0.25) is 0 Å². The SMILES string of the molecule is Cc1ccc2c(c1)Oc1ccccc1C21c2ccccc2Oc2cc(OS(=O)(=O)C(F)(F)F)ccc21. The van der Waals surface area contributed by atoms with E-state index in [9.17, 15) is 21.6 Å². The van der Waals surface area contributed by atoms with E-state index < -0.39 is 26.8 Å². The zero-order valence-corrected chi connectivity index (χ0v) is 19.5. The molecule has 1 unspecified atom stereocenters. The van der Waals surface area contributed by atoms with E-state index in [0.29, 0.717) is 22.8 Å². The molecule has 4 aromatic carbocycles. The Morgan fingerprint density at radius 3 is 1.78 bits per heavy atom.